The summed E-state index contributed by atoms with van der Waals surface area (Å²) in [7, 11) is 0. The van der Waals surface area contributed by atoms with Gasteiger partial charge in [0.05, 0.1) is 32.7 Å². The van der Waals surface area contributed by atoms with E-state index in [1.165, 1.54) is 10.3 Å². The monoisotopic (exact) mass is 448 g/mol. The van der Waals surface area contributed by atoms with Crippen molar-refractivity contribution in [2.45, 2.75) is 20.0 Å². The van der Waals surface area contributed by atoms with E-state index >= 15 is 0 Å². The van der Waals surface area contributed by atoms with Crippen LogP contribution < -0.4 is 26.8 Å². The van der Waals surface area contributed by atoms with E-state index in [4.69, 9.17) is 5.73 Å². The molecule has 1 aliphatic rings. The second kappa shape index (κ2) is 9.87. The van der Waals surface area contributed by atoms with Crippen LogP contribution in [0.1, 0.15) is 22.8 Å². The van der Waals surface area contributed by atoms with Gasteiger partial charge in [-0.2, -0.15) is 0 Å². The van der Waals surface area contributed by atoms with Crippen LogP contribution in [0.5, 0.6) is 0 Å². The molecule has 8 nitrogen and oxygen atoms in total. The average Bonchev–Trinajstić information content (AvgIpc) is 2.84. The van der Waals surface area contributed by atoms with Crippen molar-refractivity contribution in [1.82, 2.24) is 9.13 Å². The molecule has 4 rings (SSSR count). The number of ketones is 1. The van der Waals surface area contributed by atoms with Gasteiger partial charge in [0, 0.05) is 12.2 Å². The first-order valence-corrected chi connectivity index (χ1v) is 11.3. The van der Waals surface area contributed by atoms with Gasteiger partial charge in [0.15, 0.2) is 0 Å². The van der Waals surface area contributed by atoms with Crippen LogP contribution in [0.25, 0.3) is 0 Å². The number of carbonyl (C=O) groups is 1. The van der Waals surface area contributed by atoms with Gasteiger partial charge in [0.1, 0.15) is 17.9 Å². The minimum atomic E-state index is -0.600. The maximum Gasteiger partial charge on any atom is 0.332 e. The molecule has 1 saturated heterocycles. The maximum absolute atomic E-state index is 13.2. The number of nitrogen functional groups attached to an aromatic ring is 1. The highest BCUT2D eigenvalue weighted by molar-refractivity contribution is 6.00. The predicted octanol–water partition coefficient (Wildman–Crippen LogP) is 0.248. The molecule has 0 aliphatic carbocycles. The number of aromatic nitrogens is 2. The first kappa shape index (κ1) is 22.5. The van der Waals surface area contributed by atoms with Gasteiger partial charge in [-0.3, -0.25) is 18.7 Å². The fourth-order valence-electron chi connectivity index (χ4n) is 4.39. The number of nitrogens with two attached hydrogens (primary N) is 1. The maximum atomic E-state index is 13.2. The van der Waals surface area contributed by atoms with Gasteiger partial charge >= 0.3 is 5.69 Å². The number of benzene rings is 2. The smallest absolute Gasteiger partial charge is 0.332 e. The van der Waals surface area contributed by atoms with E-state index in [9.17, 15) is 14.4 Å². The average molecular weight is 449 g/mol. The van der Waals surface area contributed by atoms with Gasteiger partial charge in [-0.1, -0.05) is 48.5 Å². The zero-order valence-corrected chi connectivity index (χ0v) is 18.9. The molecule has 1 aliphatic heterocycles. The third kappa shape index (κ3) is 4.75. The Hall–Kier alpha value is -3.65. The first-order valence-electron chi connectivity index (χ1n) is 11.3. The fourth-order valence-corrected chi connectivity index (χ4v) is 4.39. The highest BCUT2D eigenvalue weighted by Crippen LogP contribution is 2.13. The summed E-state index contributed by atoms with van der Waals surface area (Å²) in [4.78, 5) is 42.6. The summed E-state index contributed by atoms with van der Waals surface area (Å²) in [6.45, 7) is 5.50. The van der Waals surface area contributed by atoms with Crippen LogP contribution in [0.15, 0.2) is 70.3 Å². The molecule has 0 amide bonds. The van der Waals surface area contributed by atoms with Crippen LogP contribution >= 0.6 is 0 Å². The van der Waals surface area contributed by atoms with Gasteiger partial charge < -0.3 is 15.5 Å². The zero-order chi connectivity index (χ0) is 23.4. The summed E-state index contributed by atoms with van der Waals surface area (Å²) in [5.74, 6) is -0.365. The van der Waals surface area contributed by atoms with Crippen molar-refractivity contribution in [1.29, 1.82) is 0 Å². The van der Waals surface area contributed by atoms with Crippen LogP contribution in [0.4, 0.5) is 11.5 Å². The summed E-state index contributed by atoms with van der Waals surface area (Å²) in [6, 6.07) is 19.6. The van der Waals surface area contributed by atoms with Crippen LogP contribution in [-0.4, -0.2) is 47.6 Å². The minimum Gasteiger partial charge on any atom is -0.384 e. The Kier molecular flexibility index (Phi) is 6.74. The van der Waals surface area contributed by atoms with Crippen LogP contribution in [0.2, 0.25) is 0 Å². The van der Waals surface area contributed by atoms with Crippen molar-refractivity contribution >= 4 is 17.3 Å². The summed E-state index contributed by atoms with van der Waals surface area (Å²) in [6.07, 6.45) is 0. The normalized spacial score (nSPS) is 14.4. The lowest BCUT2D eigenvalue weighted by Crippen LogP contribution is -3.15. The molecule has 1 fully saturated rings. The molecule has 2 aromatic carbocycles. The van der Waals surface area contributed by atoms with Crippen LogP contribution in [0, 0.1) is 0 Å². The molecule has 0 radical (unpaired) electrons. The number of carbonyl (C=O) groups excluding carboxylic acids is 1. The van der Waals surface area contributed by atoms with Crippen molar-refractivity contribution in [3.05, 3.63) is 92.6 Å². The molecule has 0 atom stereocenters. The molecule has 2 heterocycles. The molecule has 8 heteroatoms. The molecule has 0 saturated carbocycles. The Morgan fingerprint density at radius 2 is 1.55 bits per heavy atom. The lowest BCUT2D eigenvalue weighted by atomic mass is 10.1. The number of rotatable bonds is 7. The number of nitrogens with zero attached hydrogens (tertiary/aromatic N) is 3. The summed E-state index contributed by atoms with van der Waals surface area (Å²) in [5, 5.41) is 0. The van der Waals surface area contributed by atoms with Crippen molar-refractivity contribution in [2.24, 2.45) is 0 Å². The third-order valence-corrected chi connectivity index (χ3v) is 6.25. The summed E-state index contributed by atoms with van der Waals surface area (Å²) in [5.41, 5.74) is 7.14. The quantitative estimate of drug-likeness (QED) is 0.506. The predicted molar refractivity (Wildman–Crippen MR) is 129 cm³/mol. The molecule has 0 bridgehead atoms. The van der Waals surface area contributed by atoms with Crippen molar-refractivity contribution in [3.8, 4) is 0 Å². The summed E-state index contributed by atoms with van der Waals surface area (Å²) < 4.78 is 2.42. The third-order valence-electron chi connectivity index (χ3n) is 6.25. The Bertz CT molecular complexity index is 1230. The molecule has 1 aromatic heterocycles. The van der Waals surface area contributed by atoms with Gasteiger partial charge in [0.25, 0.3) is 5.56 Å². The molecule has 33 heavy (non-hydrogen) atoms. The van der Waals surface area contributed by atoms with E-state index in [0.29, 0.717) is 0 Å². The number of anilines is 2. The highest BCUT2D eigenvalue weighted by Gasteiger charge is 2.28. The topological polar surface area (TPSA) is 94.8 Å². The van der Waals surface area contributed by atoms with Crippen molar-refractivity contribution < 1.29 is 9.69 Å². The van der Waals surface area contributed by atoms with E-state index < -0.39 is 11.2 Å². The Balaban J connectivity index is 1.55. The van der Waals surface area contributed by atoms with Crippen molar-refractivity contribution in [2.75, 3.05) is 43.4 Å². The molecule has 3 aromatic rings. The SMILES string of the molecule is CCn1c(=O)c(C(=O)C[NH+]2CCN(c3ccccc3)CC2)c(N)n(Cc2ccccc2)c1=O. The van der Waals surface area contributed by atoms with Gasteiger partial charge in [-0.25, -0.2) is 4.79 Å². The fraction of sp³-hybridized carbons (Fsp3) is 0.320. The van der Waals surface area contributed by atoms with Gasteiger partial charge in [0.2, 0.25) is 5.78 Å². The lowest BCUT2D eigenvalue weighted by Gasteiger charge is -2.33. The van der Waals surface area contributed by atoms with Crippen LogP contribution in [0.3, 0.4) is 0 Å². The number of hydrogen-bond acceptors (Lipinski definition) is 5. The molecular formula is C25H30N5O3+. The number of nitrogens with one attached hydrogen (secondary N) is 1. The van der Waals surface area contributed by atoms with Crippen molar-refractivity contribution in [3.63, 3.8) is 0 Å². The van der Waals surface area contributed by atoms with Gasteiger partial charge in [-0.15, -0.1) is 0 Å². The number of piperazine rings is 1. The van der Waals surface area contributed by atoms with E-state index in [1.54, 1.807) is 6.92 Å². The molecule has 172 valence electrons. The molecule has 0 unspecified atom stereocenters. The Morgan fingerprint density at radius 3 is 2.15 bits per heavy atom. The lowest BCUT2D eigenvalue weighted by molar-refractivity contribution is -0.892. The number of quaternary nitrogens is 1. The first-order chi connectivity index (χ1) is 16.0. The van der Waals surface area contributed by atoms with Crippen LogP contribution in [-0.2, 0) is 13.1 Å². The summed E-state index contributed by atoms with van der Waals surface area (Å²) >= 11 is 0. The van der Waals surface area contributed by atoms with E-state index in [-0.39, 0.29) is 36.8 Å². The molecular weight excluding hydrogens is 418 g/mol. The Morgan fingerprint density at radius 1 is 0.939 bits per heavy atom. The van der Waals surface area contributed by atoms with E-state index in [2.05, 4.69) is 17.0 Å². The second-order valence-electron chi connectivity index (χ2n) is 8.34. The molecule has 0 spiro atoms. The standard InChI is InChI=1S/C25H29N5O3/c1-2-29-24(32)22(23(26)30(25(29)33)17-19-9-5-3-6-10-19)21(31)18-27-13-15-28(16-14-27)20-11-7-4-8-12-20/h3-12H,2,13-18,26H2,1H3/p+1. The molecule has 3 N–H and O–H groups in total. The van der Waals surface area contributed by atoms with Gasteiger partial charge in [-0.05, 0) is 24.6 Å². The minimum absolute atomic E-state index is 0.0501. The number of hydrogen-bond donors (Lipinski definition) is 2. The van der Waals surface area contributed by atoms with E-state index in [0.717, 1.165) is 41.2 Å². The zero-order valence-electron chi connectivity index (χ0n) is 18.9. The van der Waals surface area contributed by atoms with E-state index in [1.807, 2.05) is 48.5 Å². The largest absolute Gasteiger partial charge is 0.384 e. The highest BCUT2D eigenvalue weighted by atomic mass is 16.2. The second-order valence-corrected chi connectivity index (χ2v) is 8.34. The Labute approximate surface area is 192 Å². The number of Topliss-reactive ketones (excluding diaryl/α,β-unsaturated/α-hetero) is 1. The number of para-hydroxylation sites is 1.